The summed E-state index contributed by atoms with van der Waals surface area (Å²) < 4.78 is 88.7. The van der Waals surface area contributed by atoms with Gasteiger partial charge in [0.25, 0.3) is 15.9 Å². The number of ether oxygens (including phenoxy) is 1. The molecule has 1 aliphatic heterocycles. The number of nitrogens with zero attached hydrogens (tertiary/aromatic N) is 7. The van der Waals surface area contributed by atoms with Gasteiger partial charge in [-0.05, 0) is 60.1 Å². The highest BCUT2D eigenvalue weighted by Gasteiger charge is 2.64. The molecule has 288 valence electrons. The molecule has 14 nitrogen and oxygen atoms in total. The largest absolute Gasteiger partial charge is 0.447 e. The summed E-state index contributed by atoms with van der Waals surface area (Å²) >= 11 is 6.53. The molecule has 0 saturated heterocycles. The summed E-state index contributed by atoms with van der Waals surface area (Å²) in [7, 11) is -3.66. The number of guanidine groups is 1. The number of benzene rings is 2. The zero-order valence-corrected chi connectivity index (χ0v) is 31.0. The molecule has 1 fully saturated rings. The van der Waals surface area contributed by atoms with Crippen LogP contribution in [-0.4, -0.2) is 86.4 Å². The Morgan fingerprint density at radius 2 is 1.80 bits per heavy atom. The van der Waals surface area contributed by atoms with E-state index in [1.165, 1.54) is 42.7 Å². The highest BCUT2D eigenvalue weighted by molar-refractivity contribution is 7.89. The van der Waals surface area contributed by atoms with E-state index < -0.39 is 52.7 Å². The third-order valence-electron chi connectivity index (χ3n) is 8.89. The van der Waals surface area contributed by atoms with Crippen LogP contribution in [0.3, 0.4) is 0 Å². The van der Waals surface area contributed by atoms with E-state index in [0.717, 1.165) is 26.3 Å². The zero-order chi connectivity index (χ0) is 39.2. The fourth-order valence-corrected chi connectivity index (χ4v) is 6.37. The minimum Gasteiger partial charge on any atom is -0.447 e. The van der Waals surface area contributed by atoms with E-state index in [1.54, 1.807) is 12.1 Å². The van der Waals surface area contributed by atoms with Crippen LogP contribution in [-0.2, 0) is 14.8 Å². The molecule has 4 aromatic rings. The number of carbonyl (C=O) groups excluding carboxylic acids is 2. The predicted molar refractivity (Wildman–Crippen MR) is 189 cm³/mol. The molecule has 2 N–H and O–H groups in total. The molecule has 2 aromatic carbocycles. The van der Waals surface area contributed by atoms with Gasteiger partial charge in [0.2, 0.25) is 12.3 Å². The number of hydrogen-bond donors (Lipinski definition) is 2. The van der Waals surface area contributed by atoms with Gasteiger partial charge in [-0.1, -0.05) is 50.6 Å². The van der Waals surface area contributed by atoms with Crippen molar-refractivity contribution in [1.82, 2.24) is 39.5 Å². The van der Waals surface area contributed by atoms with Gasteiger partial charge in [0.05, 0.1) is 35.4 Å². The van der Waals surface area contributed by atoms with Crippen molar-refractivity contribution in [2.75, 3.05) is 19.4 Å². The smallest absolute Gasteiger partial charge is 0.411 e. The van der Waals surface area contributed by atoms with E-state index >= 15 is 4.39 Å². The summed E-state index contributed by atoms with van der Waals surface area (Å²) in [6.45, 7) is 5.31. The van der Waals surface area contributed by atoms with Crippen LogP contribution >= 0.6 is 11.6 Å². The number of rotatable bonds is 8. The minimum absolute atomic E-state index is 0.0489. The number of carbonyl (C=O) groups is 2. The average molecular weight is 794 g/mol. The first-order valence-corrected chi connectivity index (χ1v) is 18.8. The van der Waals surface area contributed by atoms with Gasteiger partial charge in [0.1, 0.15) is 18.5 Å². The number of halogens is 5. The molecule has 54 heavy (non-hydrogen) atoms. The Balaban J connectivity index is 1.45. The second kappa shape index (κ2) is 14.3. The van der Waals surface area contributed by atoms with Gasteiger partial charge >= 0.3 is 12.3 Å². The number of hydrogen-bond acceptors (Lipinski definition) is 9. The van der Waals surface area contributed by atoms with Crippen LogP contribution in [0.15, 0.2) is 66.2 Å². The molecule has 1 unspecified atom stereocenters. The number of fused-ring (bicyclic) bond motifs is 4. The molecule has 3 heterocycles. The van der Waals surface area contributed by atoms with Crippen molar-refractivity contribution in [3.63, 3.8) is 0 Å². The first-order chi connectivity index (χ1) is 25.3. The maximum absolute atomic E-state index is 16.3. The molecule has 0 radical (unpaired) electrons. The quantitative estimate of drug-likeness (QED) is 0.162. The Kier molecular flexibility index (Phi) is 10.3. The first-order valence-electron chi connectivity index (χ1n) is 16.6. The zero-order valence-electron chi connectivity index (χ0n) is 29.4. The average Bonchev–Trinajstić information content (AvgIpc) is 3.47. The van der Waals surface area contributed by atoms with Gasteiger partial charge in [-0.25, -0.2) is 27.3 Å². The molecule has 2 atom stereocenters. The standard InChI is InChI=1S/C34H36ClF4N9O5S/c1-32(2,3)13-14-40-30-44-27(36)28-41-19-43-48(28)25-15-22(9-10-24(25)35)26(18-53-31(50)45-33(11-12-33)34(37,38)39)47(30)29(49)21-7-5-20(6-8-21)23-16-42-46(17-23)54(4,51)52/h5-10,15-17,19,26-27H,11-14,18H2,1-4H3,(H,40,44)(H,45,50)/t26-,27?/m1/s1. The Morgan fingerprint density at radius 3 is 2.41 bits per heavy atom. The van der Waals surface area contributed by atoms with E-state index in [9.17, 15) is 31.2 Å². The summed E-state index contributed by atoms with van der Waals surface area (Å²) in [4.78, 5) is 37.4. The van der Waals surface area contributed by atoms with Gasteiger partial charge in [0, 0.05) is 17.7 Å². The molecule has 2 bridgehead atoms. The minimum atomic E-state index is -4.71. The molecular formula is C34H36ClF4N9O5S. The second-order valence-corrected chi connectivity index (χ2v) is 16.4. The molecule has 2 aliphatic rings. The Morgan fingerprint density at radius 1 is 1.09 bits per heavy atom. The van der Waals surface area contributed by atoms with Crippen molar-refractivity contribution in [3.8, 4) is 16.8 Å². The van der Waals surface area contributed by atoms with Crippen molar-refractivity contribution in [2.45, 2.75) is 64.1 Å². The normalized spacial score (nSPS) is 19.1. The van der Waals surface area contributed by atoms with E-state index in [4.69, 9.17) is 16.3 Å². The number of nitrogens with one attached hydrogen (secondary N) is 2. The van der Waals surface area contributed by atoms with E-state index in [1.807, 2.05) is 26.1 Å². The first kappa shape index (κ1) is 38.7. The Hall–Kier alpha value is -5.04. The second-order valence-electron chi connectivity index (χ2n) is 14.2. The summed E-state index contributed by atoms with van der Waals surface area (Å²) in [6, 6.07) is 9.15. The SMILES string of the molecule is CC(C)(C)CCN=C1NC(F)c2ncnn2-c2cc(ccc2Cl)[C@@H](COC(=O)NC2(C(F)(F)F)CC2)N1C(=O)c1ccc(-c2cnn(S(C)(=O)=O)c2)cc1. The third-order valence-corrected chi connectivity index (χ3v) is 10.1. The number of amides is 2. The lowest BCUT2D eigenvalue weighted by atomic mass is 9.92. The Labute approximate surface area is 312 Å². The summed E-state index contributed by atoms with van der Waals surface area (Å²) in [5.41, 5.74) is -1.21. The maximum Gasteiger partial charge on any atom is 0.411 e. The van der Waals surface area contributed by atoms with Gasteiger partial charge in [-0.15, -0.1) is 0 Å². The number of aromatic nitrogens is 5. The molecule has 1 aliphatic carbocycles. The lowest BCUT2D eigenvalue weighted by Crippen LogP contribution is -2.51. The monoisotopic (exact) mass is 793 g/mol. The van der Waals surface area contributed by atoms with Crippen molar-refractivity contribution in [3.05, 3.63) is 83.2 Å². The molecule has 2 aromatic heterocycles. The van der Waals surface area contributed by atoms with Gasteiger partial charge in [-0.2, -0.15) is 27.5 Å². The van der Waals surface area contributed by atoms with Crippen molar-refractivity contribution in [2.24, 2.45) is 10.4 Å². The van der Waals surface area contributed by atoms with E-state index in [-0.39, 0.29) is 58.4 Å². The van der Waals surface area contributed by atoms with Crippen LogP contribution < -0.4 is 10.6 Å². The molecule has 2 amide bonds. The van der Waals surface area contributed by atoms with Gasteiger partial charge < -0.3 is 15.4 Å². The number of aliphatic imine (C=N–C) groups is 1. The van der Waals surface area contributed by atoms with Crippen molar-refractivity contribution < 1.29 is 40.3 Å². The van der Waals surface area contributed by atoms with Gasteiger partial charge in [0.15, 0.2) is 5.82 Å². The van der Waals surface area contributed by atoms with Crippen LogP contribution in [0, 0.1) is 5.41 Å². The van der Waals surface area contributed by atoms with Crippen LogP contribution in [0.5, 0.6) is 0 Å². The third kappa shape index (κ3) is 8.20. The van der Waals surface area contributed by atoms with Crippen molar-refractivity contribution >= 4 is 39.6 Å². The Bertz CT molecular complexity index is 2200. The van der Waals surface area contributed by atoms with Gasteiger partial charge in [-0.3, -0.25) is 14.7 Å². The highest BCUT2D eigenvalue weighted by atomic mass is 35.5. The summed E-state index contributed by atoms with van der Waals surface area (Å²) in [5.74, 6) is -1.27. The molecule has 20 heteroatoms. The number of alkyl halides is 4. The fourth-order valence-electron chi connectivity index (χ4n) is 5.65. The predicted octanol–water partition coefficient (Wildman–Crippen LogP) is 5.96. The van der Waals surface area contributed by atoms with E-state index in [0.29, 0.717) is 17.5 Å². The molecular weight excluding hydrogens is 758 g/mol. The summed E-state index contributed by atoms with van der Waals surface area (Å²) in [5, 5.41) is 12.7. The van der Waals surface area contributed by atoms with Crippen LogP contribution in [0.4, 0.5) is 22.4 Å². The fraction of sp³-hybridized carbons (Fsp3) is 0.412. The van der Waals surface area contributed by atoms with Crippen LogP contribution in [0.2, 0.25) is 5.02 Å². The van der Waals surface area contributed by atoms with Crippen LogP contribution in [0.25, 0.3) is 16.8 Å². The topological polar surface area (TPSA) is 166 Å². The highest BCUT2D eigenvalue weighted by Crippen LogP contribution is 2.49. The van der Waals surface area contributed by atoms with Crippen LogP contribution in [0.1, 0.15) is 74.1 Å². The molecule has 6 rings (SSSR count). The molecule has 1 saturated carbocycles. The lowest BCUT2D eigenvalue weighted by Gasteiger charge is -2.35. The number of alkyl carbamates (subject to hydrolysis) is 1. The van der Waals surface area contributed by atoms with E-state index in [2.05, 4.69) is 25.5 Å². The lowest BCUT2D eigenvalue weighted by molar-refractivity contribution is -0.164. The summed E-state index contributed by atoms with van der Waals surface area (Å²) in [6.07, 6.45) is -3.59. The van der Waals surface area contributed by atoms with Crippen molar-refractivity contribution in [1.29, 1.82) is 0 Å². The maximum atomic E-state index is 16.3. The molecule has 0 spiro atoms.